The van der Waals surface area contributed by atoms with Crippen molar-refractivity contribution in [1.82, 2.24) is 0 Å². The maximum absolute atomic E-state index is 12.4. The fourth-order valence-corrected chi connectivity index (χ4v) is 3.28. The molecule has 0 aromatic heterocycles. The van der Waals surface area contributed by atoms with Crippen LogP contribution in [0.15, 0.2) is 24.3 Å². The standard InChI is InChI=1S/C18H26O4/c1-4-22-18(21-3)12-16-15(6-5-7-17(16)19)13-8-10-14(20-2)11-9-13/h8-11,15-16,18H,4-7,12H2,1-3H3. The van der Waals surface area contributed by atoms with Gasteiger partial charge in [-0.2, -0.15) is 0 Å². The summed E-state index contributed by atoms with van der Waals surface area (Å²) in [6.07, 6.45) is 2.97. The lowest BCUT2D eigenvalue weighted by molar-refractivity contribution is -0.145. The lowest BCUT2D eigenvalue weighted by atomic mass is 9.73. The third kappa shape index (κ3) is 4.08. The summed E-state index contributed by atoms with van der Waals surface area (Å²) in [7, 11) is 3.29. The third-order valence-corrected chi connectivity index (χ3v) is 4.44. The first-order chi connectivity index (χ1) is 10.7. The minimum absolute atomic E-state index is 0.0290. The van der Waals surface area contributed by atoms with E-state index in [9.17, 15) is 4.79 Å². The molecule has 1 aliphatic rings. The Morgan fingerprint density at radius 3 is 2.55 bits per heavy atom. The topological polar surface area (TPSA) is 44.8 Å². The molecule has 1 aliphatic carbocycles. The smallest absolute Gasteiger partial charge is 0.157 e. The predicted octanol–water partition coefficient (Wildman–Crippen LogP) is 3.55. The quantitative estimate of drug-likeness (QED) is 0.723. The summed E-state index contributed by atoms with van der Waals surface area (Å²) in [6, 6.07) is 8.05. The Balaban J connectivity index is 2.16. The Kier molecular flexibility index (Phi) is 6.40. The van der Waals surface area contributed by atoms with Crippen LogP contribution in [0.5, 0.6) is 5.75 Å². The molecule has 0 bridgehead atoms. The number of benzene rings is 1. The van der Waals surface area contributed by atoms with Gasteiger partial charge in [0.1, 0.15) is 11.5 Å². The van der Waals surface area contributed by atoms with Crippen LogP contribution in [0.4, 0.5) is 0 Å². The van der Waals surface area contributed by atoms with E-state index in [0.717, 1.165) is 18.6 Å². The van der Waals surface area contributed by atoms with Crippen LogP contribution in [0.3, 0.4) is 0 Å². The first-order valence-corrected chi connectivity index (χ1v) is 8.00. The van der Waals surface area contributed by atoms with E-state index < -0.39 is 0 Å². The average Bonchev–Trinajstić information content (AvgIpc) is 2.56. The molecule has 1 aromatic rings. The van der Waals surface area contributed by atoms with Gasteiger partial charge in [0.15, 0.2) is 6.29 Å². The molecular formula is C18H26O4. The Morgan fingerprint density at radius 2 is 1.95 bits per heavy atom. The highest BCUT2D eigenvalue weighted by Crippen LogP contribution is 2.39. The lowest BCUT2D eigenvalue weighted by Crippen LogP contribution is -2.32. The number of ether oxygens (including phenoxy) is 3. The van der Waals surface area contributed by atoms with Gasteiger partial charge >= 0.3 is 0 Å². The first-order valence-electron chi connectivity index (χ1n) is 8.00. The second-order valence-corrected chi connectivity index (χ2v) is 5.70. The van der Waals surface area contributed by atoms with Gasteiger partial charge in [-0.25, -0.2) is 0 Å². The van der Waals surface area contributed by atoms with Crippen LogP contribution in [0.1, 0.15) is 44.1 Å². The van der Waals surface area contributed by atoms with Gasteiger partial charge in [-0.15, -0.1) is 0 Å². The summed E-state index contributed by atoms with van der Waals surface area (Å²) in [5.41, 5.74) is 1.20. The number of Topliss-reactive ketones (excluding diaryl/α,β-unsaturated/α-hetero) is 1. The molecule has 4 nitrogen and oxygen atoms in total. The molecule has 0 saturated heterocycles. The first kappa shape index (κ1) is 17.0. The maximum Gasteiger partial charge on any atom is 0.157 e. The molecule has 0 heterocycles. The molecule has 0 aliphatic heterocycles. The molecule has 1 saturated carbocycles. The van der Waals surface area contributed by atoms with Crippen molar-refractivity contribution < 1.29 is 19.0 Å². The summed E-state index contributed by atoms with van der Waals surface area (Å²) in [6.45, 7) is 2.53. The SMILES string of the molecule is CCOC(CC1C(=O)CCCC1c1ccc(OC)cc1)OC. The summed E-state index contributed by atoms with van der Waals surface area (Å²) in [5, 5.41) is 0. The van der Waals surface area contributed by atoms with Crippen molar-refractivity contribution in [3.8, 4) is 5.75 Å². The minimum atomic E-state index is -0.308. The molecule has 122 valence electrons. The number of carbonyl (C=O) groups is 1. The number of ketones is 1. The van der Waals surface area contributed by atoms with Gasteiger partial charge < -0.3 is 14.2 Å². The zero-order valence-electron chi connectivity index (χ0n) is 13.7. The zero-order valence-corrected chi connectivity index (χ0v) is 13.7. The van der Waals surface area contributed by atoms with Crippen LogP contribution in [-0.4, -0.2) is 32.9 Å². The van der Waals surface area contributed by atoms with Gasteiger partial charge in [0.05, 0.1) is 7.11 Å². The molecule has 0 N–H and O–H groups in total. The van der Waals surface area contributed by atoms with Crippen molar-refractivity contribution in [1.29, 1.82) is 0 Å². The van der Waals surface area contributed by atoms with E-state index in [-0.39, 0.29) is 18.1 Å². The van der Waals surface area contributed by atoms with E-state index in [2.05, 4.69) is 12.1 Å². The number of hydrogen-bond acceptors (Lipinski definition) is 4. The normalized spacial score (nSPS) is 23.3. The zero-order chi connectivity index (χ0) is 15.9. The highest BCUT2D eigenvalue weighted by molar-refractivity contribution is 5.82. The van der Waals surface area contributed by atoms with E-state index in [4.69, 9.17) is 14.2 Å². The molecule has 1 aromatic carbocycles. The van der Waals surface area contributed by atoms with Gasteiger partial charge in [0.2, 0.25) is 0 Å². The molecule has 0 spiro atoms. The van der Waals surface area contributed by atoms with Crippen LogP contribution in [0, 0.1) is 5.92 Å². The number of methoxy groups -OCH3 is 2. The second kappa shape index (κ2) is 8.30. The summed E-state index contributed by atoms with van der Waals surface area (Å²) in [4.78, 5) is 12.4. The Morgan fingerprint density at radius 1 is 1.23 bits per heavy atom. The molecule has 0 radical (unpaired) electrons. The van der Waals surface area contributed by atoms with E-state index in [1.54, 1.807) is 14.2 Å². The van der Waals surface area contributed by atoms with Crippen molar-refractivity contribution in [2.24, 2.45) is 5.92 Å². The average molecular weight is 306 g/mol. The van der Waals surface area contributed by atoms with Gasteiger partial charge in [-0.05, 0) is 43.4 Å². The molecule has 3 atom stereocenters. The monoisotopic (exact) mass is 306 g/mol. The third-order valence-electron chi connectivity index (χ3n) is 4.44. The van der Waals surface area contributed by atoms with Gasteiger partial charge in [0, 0.05) is 32.5 Å². The van der Waals surface area contributed by atoms with Crippen LogP contribution in [-0.2, 0) is 14.3 Å². The lowest BCUT2D eigenvalue weighted by Gasteiger charge is -2.32. The van der Waals surface area contributed by atoms with Crippen molar-refractivity contribution in [2.45, 2.75) is 44.8 Å². The van der Waals surface area contributed by atoms with Crippen molar-refractivity contribution in [3.05, 3.63) is 29.8 Å². The molecule has 1 fully saturated rings. The van der Waals surface area contributed by atoms with Crippen LogP contribution in [0.25, 0.3) is 0 Å². The van der Waals surface area contributed by atoms with Crippen LogP contribution >= 0.6 is 0 Å². The van der Waals surface area contributed by atoms with Crippen molar-refractivity contribution in [3.63, 3.8) is 0 Å². The molecule has 4 heteroatoms. The van der Waals surface area contributed by atoms with E-state index in [1.165, 1.54) is 5.56 Å². The summed E-state index contributed by atoms with van der Waals surface area (Å²) in [5.74, 6) is 1.38. The molecule has 3 unspecified atom stereocenters. The minimum Gasteiger partial charge on any atom is -0.497 e. The molecule has 22 heavy (non-hydrogen) atoms. The molecule has 0 amide bonds. The van der Waals surface area contributed by atoms with Crippen LogP contribution < -0.4 is 4.74 Å². The Hall–Kier alpha value is -1.39. The van der Waals surface area contributed by atoms with E-state index in [0.29, 0.717) is 25.2 Å². The van der Waals surface area contributed by atoms with Crippen molar-refractivity contribution >= 4 is 5.78 Å². The number of hydrogen-bond donors (Lipinski definition) is 0. The van der Waals surface area contributed by atoms with E-state index >= 15 is 0 Å². The maximum atomic E-state index is 12.4. The van der Waals surface area contributed by atoms with Crippen LogP contribution in [0.2, 0.25) is 0 Å². The molecule has 2 rings (SSSR count). The summed E-state index contributed by atoms with van der Waals surface area (Å²) >= 11 is 0. The highest BCUT2D eigenvalue weighted by Gasteiger charge is 2.34. The van der Waals surface area contributed by atoms with Gasteiger partial charge in [-0.1, -0.05) is 12.1 Å². The number of rotatable bonds is 7. The van der Waals surface area contributed by atoms with Crippen molar-refractivity contribution in [2.75, 3.05) is 20.8 Å². The molecular weight excluding hydrogens is 280 g/mol. The number of carbonyl (C=O) groups excluding carboxylic acids is 1. The summed E-state index contributed by atoms with van der Waals surface area (Å²) < 4.78 is 16.1. The second-order valence-electron chi connectivity index (χ2n) is 5.70. The van der Waals surface area contributed by atoms with Gasteiger partial charge in [-0.3, -0.25) is 4.79 Å². The highest BCUT2D eigenvalue weighted by atomic mass is 16.7. The largest absolute Gasteiger partial charge is 0.497 e. The fraction of sp³-hybridized carbons (Fsp3) is 0.611. The Labute approximate surface area is 132 Å². The fourth-order valence-electron chi connectivity index (χ4n) is 3.28. The Bertz CT molecular complexity index is 468. The van der Waals surface area contributed by atoms with E-state index in [1.807, 2.05) is 19.1 Å². The predicted molar refractivity (Wildman–Crippen MR) is 85.1 cm³/mol. The van der Waals surface area contributed by atoms with Gasteiger partial charge in [0.25, 0.3) is 0 Å².